The number of nitrogens with one attached hydrogen (secondary N) is 1. The van der Waals surface area contributed by atoms with Gasteiger partial charge in [-0.05, 0) is 6.92 Å². The van der Waals surface area contributed by atoms with Crippen LogP contribution in [0.2, 0.25) is 0 Å². The third kappa shape index (κ3) is 4.73. The average Bonchev–Trinajstić information content (AvgIpc) is 2.28. The van der Waals surface area contributed by atoms with Crippen molar-refractivity contribution in [2.24, 2.45) is 0 Å². The maximum Gasteiger partial charge on any atom is 0.318 e. The van der Waals surface area contributed by atoms with Gasteiger partial charge in [0.25, 0.3) is 0 Å². The molecular formula is C11H20N2O4S. The van der Waals surface area contributed by atoms with Crippen LogP contribution < -0.4 is 5.32 Å². The van der Waals surface area contributed by atoms with Crippen molar-refractivity contribution >= 4 is 23.8 Å². The lowest BCUT2D eigenvalue weighted by molar-refractivity contribution is -0.138. The van der Waals surface area contributed by atoms with Crippen LogP contribution in [0.25, 0.3) is 0 Å². The zero-order chi connectivity index (χ0) is 13.5. The van der Waals surface area contributed by atoms with Gasteiger partial charge in [-0.15, -0.1) is 0 Å². The highest BCUT2D eigenvalue weighted by Gasteiger charge is 2.29. The lowest BCUT2D eigenvalue weighted by Gasteiger charge is -2.35. The summed E-state index contributed by atoms with van der Waals surface area (Å²) in [6, 6.07) is -0.510. The van der Waals surface area contributed by atoms with Crippen LogP contribution in [0.1, 0.15) is 13.3 Å². The Kier molecular flexibility index (Phi) is 6.28. The lowest BCUT2D eigenvalue weighted by Crippen LogP contribution is -2.53. The molecule has 0 aromatic rings. The van der Waals surface area contributed by atoms with Gasteiger partial charge in [-0.3, -0.25) is 4.79 Å². The van der Waals surface area contributed by atoms with Gasteiger partial charge in [-0.1, -0.05) is 0 Å². The van der Waals surface area contributed by atoms with Crippen molar-refractivity contribution in [3.05, 3.63) is 0 Å². The summed E-state index contributed by atoms with van der Waals surface area (Å²) in [5.74, 6) is 0.658. The largest absolute Gasteiger partial charge is 0.481 e. The van der Waals surface area contributed by atoms with E-state index in [0.717, 1.165) is 5.75 Å². The predicted molar refractivity (Wildman–Crippen MR) is 69.9 cm³/mol. The normalized spacial score (nSPS) is 21.4. The molecule has 1 saturated heterocycles. The molecule has 1 rings (SSSR count). The van der Waals surface area contributed by atoms with Crippen molar-refractivity contribution in [1.29, 1.82) is 0 Å². The Hall–Kier alpha value is -0.950. The fourth-order valence-electron chi connectivity index (χ4n) is 1.88. The Balaban J connectivity index is 2.54. The average molecular weight is 276 g/mol. The number of carboxylic acid groups (broad SMARTS) is 1. The molecule has 0 aromatic heterocycles. The van der Waals surface area contributed by atoms with Crippen LogP contribution in [-0.2, 0) is 9.53 Å². The number of carbonyl (C=O) groups is 2. The smallest absolute Gasteiger partial charge is 0.318 e. The number of aliphatic carboxylic acids is 1. The zero-order valence-electron chi connectivity index (χ0n) is 10.7. The van der Waals surface area contributed by atoms with Gasteiger partial charge in [-0.25, -0.2) is 4.79 Å². The van der Waals surface area contributed by atoms with Crippen LogP contribution in [-0.4, -0.2) is 65.9 Å². The van der Waals surface area contributed by atoms with E-state index in [1.54, 1.807) is 23.8 Å². The number of urea groups is 1. The number of ether oxygens (including phenoxy) is 1. The number of carbonyl (C=O) groups excluding carboxylic acids is 1. The highest BCUT2D eigenvalue weighted by Crippen LogP contribution is 2.19. The van der Waals surface area contributed by atoms with Crippen LogP contribution in [0.4, 0.5) is 4.79 Å². The first kappa shape index (κ1) is 15.1. The first-order valence-corrected chi connectivity index (χ1v) is 7.05. The van der Waals surface area contributed by atoms with Gasteiger partial charge in [0.2, 0.25) is 0 Å². The molecule has 0 aromatic carbocycles. The van der Waals surface area contributed by atoms with Gasteiger partial charge in [0, 0.05) is 25.2 Å². The van der Waals surface area contributed by atoms with Gasteiger partial charge in [0.05, 0.1) is 25.1 Å². The Labute approximate surface area is 111 Å². The number of rotatable bonds is 5. The van der Waals surface area contributed by atoms with Crippen LogP contribution in [0.15, 0.2) is 0 Å². The third-order valence-electron chi connectivity index (χ3n) is 2.69. The molecule has 2 N–H and O–H groups in total. The van der Waals surface area contributed by atoms with Crippen molar-refractivity contribution in [2.75, 3.05) is 31.8 Å². The highest BCUT2D eigenvalue weighted by molar-refractivity contribution is 7.99. The summed E-state index contributed by atoms with van der Waals surface area (Å²) < 4.78 is 4.95. The summed E-state index contributed by atoms with van der Waals surface area (Å²) in [7, 11) is 1.58. The number of nitrogens with zero attached hydrogens (tertiary/aromatic N) is 1. The summed E-state index contributed by atoms with van der Waals surface area (Å²) in [6.07, 6.45) is -0.000914. The second kappa shape index (κ2) is 7.48. The molecule has 2 amide bonds. The molecule has 0 saturated carbocycles. The van der Waals surface area contributed by atoms with Crippen molar-refractivity contribution in [2.45, 2.75) is 25.4 Å². The minimum absolute atomic E-state index is 0.000914. The standard InChI is InChI=1S/C11H20N2O4S/c1-8(6-17-2)12-11(16)13-3-4-18-7-9(13)5-10(14)15/h8-9H,3-7H2,1-2H3,(H,12,16)(H,14,15). The van der Waals surface area contributed by atoms with E-state index in [9.17, 15) is 9.59 Å². The number of methoxy groups -OCH3 is 1. The minimum atomic E-state index is -0.870. The van der Waals surface area contributed by atoms with Crippen molar-refractivity contribution < 1.29 is 19.4 Å². The molecular weight excluding hydrogens is 256 g/mol. The van der Waals surface area contributed by atoms with E-state index in [4.69, 9.17) is 9.84 Å². The lowest BCUT2D eigenvalue weighted by atomic mass is 10.2. The third-order valence-corrected chi connectivity index (χ3v) is 3.78. The first-order chi connectivity index (χ1) is 8.54. The number of thioether (sulfide) groups is 1. The van der Waals surface area contributed by atoms with Crippen LogP contribution in [0, 0.1) is 0 Å². The molecule has 0 spiro atoms. The summed E-state index contributed by atoms with van der Waals surface area (Å²) in [4.78, 5) is 24.4. The van der Waals surface area contributed by atoms with E-state index in [0.29, 0.717) is 18.9 Å². The van der Waals surface area contributed by atoms with Crippen LogP contribution in [0.5, 0.6) is 0 Å². The van der Waals surface area contributed by atoms with Crippen LogP contribution >= 0.6 is 11.8 Å². The molecule has 1 aliphatic heterocycles. The summed E-state index contributed by atoms with van der Waals surface area (Å²) in [5, 5.41) is 11.7. The molecule has 2 unspecified atom stereocenters. The quantitative estimate of drug-likeness (QED) is 0.769. The highest BCUT2D eigenvalue weighted by atomic mass is 32.2. The Morgan fingerprint density at radius 3 is 2.94 bits per heavy atom. The summed E-state index contributed by atoms with van der Waals surface area (Å²) in [6.45, 7) is 2.89. The molecule has 104 valence electrons. The van der Waals surface area contributed by atoms with Crippen molar-refractivity contribution in [3.63, 3.8) is 0 Å². The van der Waals surface area contributed by atoms with E-state index in [2.05, 4.69) is 5.32 Å². The molecule has 18 heavy (non-hydrogen) atoms. The second-order valence-corrected chi connectivity index (χ2v) is 5.48. The van der Waals surface area contributed by atoms with E-state index in [-0.39, 0.29) is 24.5 Å². The fourth-order valence-corrected chi connectivity index (χ4v) is 2.94. The van der Waals surface area contributed by atoms with Crippen molar-refractivity contribution in [3.8, 4) is 0 Å². The Bertz CT molecular complexity index is 301. The number of amides is 2. The number of carboxylic acids is 1. The SMILES string of the molecule is COCC(C)NC(=O)N1CCSCC1CC(=O)O. The minimum Gasteiger partial charge on any atom is -0.481 e. The summed E-state index contributed by atoms with van der Waals surface area (Å²) in [5.41, 5.74) is 0. The molecule has 7 heteroatoms. The maximum atomic E-state index is 12.0. The fraction of sp³-hybridized carbons (Fsp3) is 0.818. The molecule has 0 radical (unpaired) electrons. The number of hydrogen-bond acceptors (Lipinski definition) is 4. The van der Waals surface area contributed by atoms with Gasteiger partial charge < -0.3 is 20.1 Å². The monoisotopic (exact) mass is 276 g/mol. The van der Waals surface area contributed by atoms with E-state index in [1.165, 1.54) is 0 Å². The zero-order valence-corrected chi connectivity index (χ0v) is 11.5. The van der Waals surface area contributed by atoms with Gasteiger partial charge in [-0.2, -0.15) is 11.8 Å². The van der Waals surface area contributed by atoms with E-state index < -0.39 is 5.97 Å². The topological polar surface area (TPSA) is 78.9 Å². The van der Waals surface area contributed by atoms with E-state index >= 15 is 0 Å². The number of hydrogen-bond donors (Lipinski definition) is 2. The first-order valence-electron chi connectivity index (χ1n) is 5.90. The summed E-state index contributed by atoms with van der Waals surface area (Å²) >= 11 is 1.69. The molecule has 1 heterocycles. The van der Waals surface area contributed by atoms with Gasteiger partial charge >= 0.3 is 12.0 Å². The Morgan fingerprint density at radius 2 is 2.33 bits per heavy atom. The molecule has 0 aliphatic carbocycles. The molecule has 6 nitrogen and oxygen atoms in total. The van der Waals surface area contributed by atoms with Crippen molar-refractivity contribution in [1.82, 2.24) is 10.2 Å². The predicted octanol–water partition coefficient (Wildman–Crippen LogP) is 0.623. The maximum absolute atomic E-state index is 12.0. The van der Waals surface area contributed by atoms with E-state index in [1.807, 2.05) is 6.92 Å². The molecule has 2 atom stereocenters. The molecule has 1 aliphatic rings. The van der Waals surface area contributed by atoms with Gasteiger partial charge in [0.15, 0.2) is 0 Å². The van der Waals surface area contributed by atoms with Crippen LogP contribution in [0.3, 0.4) is 0 Å². The van der Waals surface area contributed by atoms with Gasteiger partial charge in [0.1, 0.15) is 0 Å². The Morgan fingerprint density at radius 1 is 1.61 bits per heavy atom. The molecule has 1 fully saturated rings. The molecule has 0 bridgehead atoms. The second-order valence-electron chi connectivity index (χ2n) is 4.33.